The molecule has 0 bridgehead atoms. The van der Waals surface area contributed by atoms with Gasteiger partial charge in [-0.15, -0.1) is 0 Å². The lowest BCUT2D eigenvalue weighted by Gasteiger charge is -2.04. The minimum absolute atomic E-state index is 0.0362. The molecule has 18 heavy (non-hydrogen) atoms. The van der Waals surface area contributed by atoms with E-state index in [0.29, 0.717) is 0 Å². The lowest BCUT2D eigenvalue weighted by atomic mass is 10.1. The van der Waals surface area contributed by atoms with Gasteiger partial charge in [-0.1, -0.05) is 12.1 Å². The fourth-order valence-corrected chi connectivity index (χ4v) is 1.06. The van der Waals surface area contributed by atoms with Gasteiger partial charge in [-0.2, -0.15) is 0 Å². The smallest absolute Gasteiger partial charge is 0.338 e. The van der Waals surface area contributed by atoms with E-state index in [1.807, 2.05) is 0 Å². The van der Waals surface area contributed by atoms with Gasteiger partial charge in [0, 0.05) is 6.92 Å². The average molecular weight is 254 g/mol. The van der Waals surface area contributed by atoms with Crippen LogP contribution in [0.1, 0.15) is 34.6 Å². The SMILES string of the molecule is CC(=O)O.CCOC(=O)c1ccccc1C(=O)O. The van der Waals surface area contributed by atoms with E-state index < -0.39 is 17.9 Å². The van der Waals surface area contributed by atoms with E-state index in [9.17, 15) is 9.59 Å². The summed E-state index contributed by atoms with van der Waals surface area (Å²) in [5.41, 5.74) is 0.0489. The third-order valence-corrected chi connectivity index (χ3v) is 1.65. The van der Waals surface area contributed by atoms with E-state index in [0.717, 1.165) is 6.92 Å². The molecular weight excluding hydrogens is 240 g/mol. The van der Waals surface area contributed by atoms with Crippen molar-refractivity contribution in [3.8, 4) is 0 Å². The molecule has 1 aromatic carbocycles. The Morgan fingerprint density at radius 3 is 1.94 bits per heavy atom. The molecule has 0 unspecified atom stereocenters. The number of esters is 1. The first-order valence-corrected chi connectivity index (χ1v) is 5.09. The van der Waals surface area contributed by atoms with Crippen molar-refractivity contribution in [2.75, 3.05) is 6.61 Å². The van der Waals surface area contributed by atoms with Crippen molar-refractivity contribution < 1.29 is 29.3 Å². The molecule has 0 aromatic heterocycles. The molecule has 0 atom stereocenters. The lowest BCUT2D eigenvalue weighted by molar-refractivity contribution is -0.134. The van der Waals surface area contributed by atoms with Crippen LogP contribution in [0.2, 0.25) is 0 Å². The summed E-state index contributed by atoms with van der Waals surface area (Å²) in [6.07, 6.45) is 0. The Labute approximate surface area is 104 Å². The zero-order valence-electron chi connectivity index (χ0n) is 10.0. The van der Waals surface area contributed by atoms with Crippen LogP contribution in [0.25, 0.3) is 0 Å². The first-order valence-electron chi connectivity index (χ1n) is 5.09. The maximum atomic E-state index is 11.3. The van der Waals surface area contributed by atoms with Crippen molar-refractivity contribution in [3.63, 3.8) is 0 Å². The molecule has 0 fully saturated rings. The van der Waals surface area contributed by atoms with E-state index in [2.05, 4.69) is 0 Å². The van der Waals surface area contributed by atoms with Crippen LogP contribution in [0.5, 0.6) is 0 Å². The molecule has 0 amide bonds. The number of carbonyl (C=O) groups is 3. The highest BCUT2D eigenvalue weighted by Gasteiger charge is 2.15. The highest BCUT2D eigenvalue weighted by Crippen LogP contribution is 2.09. The van der Waals surface area contributed by atoms with Gasteiger partial charge in [-0.05, 0) is 19.1 Å². The molecule has 0 saturated heterocycles. The molecule has 1 rings (SSSR count). The molecule has 6 nitrogen and oxygen atoms in total. The van der Waals surface area contributed by atoms with Crippen molar-refractivity contribution in [1.82, 2.24) is 0 Å². The second-order valence-corrected chi connectivity index (χ2v) is 3.09. The summed E-state index contributed by atoms with van der Waals surface area (Å²) in [5, 5.41) is 16.2. The minimum Gasteiger partial charge on any atom is -0.481 e. The van der Waals surface area contributed by atoms with E-state index in [1.54, 1.807) is 19.1 Å². The monoisotopic (exact) mass is 254 g/mol. The second-order valence-electron chi connectivity index (χ2n) is 3.09. The number of benzene rings is 1. The van der Waals surface area contributed by atoms with Crippen molar-refractivity contribution in [2.24, 2.45) is 0 Å². The molecule has 98 valence electrons. The summed E-state index contributed by atoms with van der Waals surface area (Å²) >= 11 is 0. The molecule has 0 saturated carbocycles. The zero-order valence-corrected chi connectivity index (χ0v) is 10.0. The van der Waals surface area contributed by atoms with Crippen molar-refractivity contribution in [2.45, 2.75) is 13.8 Å². The number of aromatic carboxylic acids is 1. The maximum Gasteiger partial charge on any atom is 0.338 e. The molecule has 0 aliphatic rings. The number of ether oxygens (including phenoxy) is 1. The molecule has 2 N–H and O–H groups in total. The Balaban J connectivity index is 0.000000631. The van der Waals surface area contributed by atoms with E-state index in [4.69, 9.17) is 19.7 Å². The predicted molar refractivity (Wildman–Crippen MR) is 62.7 cm³/mol. The van der Waals surface area contributed by atoms with Crippen molar-refractivity contribution in [3.05, 3.63) is 35.4 Å². The van der Waals surface area contributed by atoms with Gasteiger partial charge in [-0.3, -0.25) is 4.79 Å². The lowest BCUT2D eigenvalue weighted by Crippen LogP contribution is -2.11. The Kier molecular flexibility index (Phi) is 6.80. The summed E-state index contributed by atoms with van der Waals surface area (Å²) in [4.78, 5) is 31.0. The van der Waals surface area contributed by atoms with Gasteiger partial charge < -0.3 is 14.9 Å². The molecule has 1 aromatic rings. The summed E-state index contributed by atoms with van der Waals surface area (Å²) in [7, 11) is 0. The molecule has 0 aliphatic carbocycles. The van der Waals surface area contributed by atoms with Gasteiger partial charge in [0.1, 0.15) is 0 Å². The highest BCUT2D eigenvalue weighted by atomic mass is 16.5. The second kappa shape index (κ2) is 7.83. The summed E-state index contributed by atoms with van der Waals surface area (Å²) in [6.45, 7) is 2.98. The topological polar surface area (TPSA) is 101 Å². The number of carboxylic acids is 2. The van der Waals surface area contributed by atoms with Gasteiger partial charge >= 0.3 is 11.9 Å². The van der Waals surface area contributed by atoms with Crippen molar-refractivity contribution in [1.29, 1.82) is 0 Å². The van der Waals surface area contributed by atoms with Crippen LogP contribution >= 0.6 is 0 Å². The van der Waals surface area contributed by atoms with Crippen LogP contribution in [0, 0.1) is 0 Å². The van der Waals surface area contributed by atoms with Crippen molar-refractivity contribution >= 4 is 17.9 Å². The largest absolute Gasteiger partial charge is 0.481 e. The summed E-state index contributed by atoms with van der Waals surface area (Å²) < 4.78 is 4.72. The standard InChI is InChI=1S/C10H10O4.C2H4O2/c1-2-14-10(13)8-6-4-3-5-7(8)9(11)12;1-2(3)4/h3-6H,2H2,1H3,(H,11,12);1H3,(H,3,4). The van der Waals surface area contributed by atoms with Crippen LogP contribution < -0.4 is 0 Å². The van der Waals surface area contributed by atoms with E-state index >= 15 is 0 Å². The number of rotatable bonds is 3. The normalized spacial score (nSPS) is 8.78. The number of carbonyl (C=O) groups excluding carboxylic acids is 1. The number of hydrogen-bond donors (Lipinski definition) is 2. The Morgan fingerprint density at radius 1 is 1.11 bits per heavy atom. The first-order chi connectivity index (χ1) is 8.40. The number of aliphatic carboxylic acids is 1. The average Bonchev–Trinajstić information content (AvgIpc) is 2.28. The van der Waals surface area contributed by atoms with Crippen LogP contribution in [0.4, 0.5) is 0 Å². The van der Waals surface area contributed by atoms with E-state index in [-0.39, 0.29) is 17.7 Å². The van der Waals surface area contributed by atoms with Crippen LogP contribution in [0.3, 0.4) is 0 Å². The molecule has 0 heterocycles. The summed E-state index contributed by atoms with van der Waals surface area (Å²) in [5.74, 6) is -2.57. The Bertz CT molecular complexity index is 434. The molecule has 0 spiro atoms. The van der Waals surface area contributed by atoms with Gasteiger partial charge in [0.15, 0.2) is 0 Å². The van der Waals surface area contributed by atoms with Crippen LogP contribution in [-0.2, 0) is 9.53 Å². The van der Waals surface area contributed by atoms with Gasteiger partial charge in [0.05, 0.1) is 17.7 Å². The maximum absolute atomic E-state index is 11.3. The number of carboxylic acid groups (broad SMARTS) is 2. The molecule has 6 heteroatoms. The minimum atomic E-state index is -1.13. The molecular formula is C12H14O6. The number of hydrogen-bond acceptors (Lipinski definition) is 4. The Hall–Kier alpha value is -2.37. The highest BCUT2D eigenvalue weighted by molar-refractivity contribution is 6.02. The quantitative estimate of drug-likeness (QED) is 0.795. The predicted octanol–water partition coefficient (Wildman–Crippen LogP) is 1.65. The van der Waals surface area contributed by atoms with Gasteiger partial charge in [-0.25, -0.2) is 9.59 Å². The molecule has 0 aliphatic heterocycles. The first kappa shape index (κ1) is 15.6. The van der Waals surface area contributed by atoms with E-state index in [1.165, 1.54) is 12.1 Å². The third-order valence-electron chi connectivity index (χ3n) is 1.65. The zero-order chi connectivity index (χ0) is 14.1. The van der Waals surface area contributed by atoms with Crippen LogP contribution in [0.15, 0.2) is 24.3 Å². The Morgan fingerprint density at radius 2 is 1.56 bits per heavy atom. The fraction of sp³-hybridized carbons (Fsp3) is 0.250. The molecule has 0 radical (unpaired) electrons. The van der Waals surface area contributed by atoms with Gasteiger partial charge in [0.25, 0.3) is 5.97 Å². The summed E-state index contributed by atoms with van der Waals surface area (Å²) in [6, 6.07) is 5.96. The van der Waals surface area contributed by atoms with Gasteiger partial charge in [0.2, 0.25) is 0 Å². The third kappa shape index (κ3) is 5.64. The van der Waals surface area contributed by atoms with Crippen LogP contribution in [-0.4, -0.2) is 34.7 Å². The fourth-order valence-electron chi connectivity index (χ4n) is 1.06.